The zero-order valence-corrected chi connectivity index (χ0v) is 57.2. The number of hydrogen-bond acceptors (Lipinski definition) is 28. The molecule has 8 N–H and O–H groups in total. The highest BCUT2D eigenvalue weighted by Gasteiger charge is 2.44. The van der Waals surface area contributed by atoms with Crippen LogP contribution in [0, 0.1) is 44.8 Å². The number of aliphatic hydroxyl groups excluding tert-OH is 2. The summed E-state index contributed by atoms with van der Waals surface area (Å²) in [7, 11) is 0. The average Bonchev–Trinajstić information content (AvgIpc) is 0.904. The molecule has 0 fully saturated rings. The molecular weight excluding hydrogens is 1330 g/mol. The minimum Gasteiger partial charge on any atom is -0.460 e. The summed E-state index contributed by atoms with van der Waals surface area (Å²) < 4.78 is 70.1. The Balaban J connectivity index is 1.29. The number of nitrogens with one attached hydrogen (secondary N) is 2. The lowest BCUT2D eigenvalue weighted by atomic mass is 9.93. The number of hydrogen-bond donors (Lipinski definition) is 6. The van der Waals surface area contributed by atoms with Crippen molar-refractivity contribution in [3.8, 4) is 0 Å². The van der Waals surface area contributed by atoms with Gasteiger partial charge in [0.15, 0.2) is 10.3 Å². The van der Waals surface area contributed by atoms with Gasteiger partial charge in [-0.2, -0.15) is 0 Å². The van der Waals surface area contributed by atoms with Gasteiger partial charge in [-0.05, 0) is 80.5 Å². The molecule has 5 aromatic rings. The highest BCUT2D eigenvalue weighted by molar-refractivity contribution is 8.13. The monoisotopic (exact) mass is 1410 g/mol. The summed E-state index contributed by atoms with van der Waals surface area (Å²) in [5, 5.41) is 35.1. The molecular formula is C69H82N4O24S2. The van der Waals surface area contributed by atoms with Crippen LogP contribution in [0.5, 0.6) is 0 Å². The van der Waals surface area contributed by atoms with E-state index in [-0.39, 0.29) is 43.4 Å². The van der Waals surface area contributed by atoms with Crippen LogP contribution in [0.2, 0.25) is 0 Å². The molecule has 0 aliphatic rings. The number of amidine groups is 2. The fourth-order valence-corrected chi connectivity index (χ4v) is 8.99. The van der Waals surface area contributed by atoms with Crippen LogP contribution in [0.1, 0.15) is 79.1 Å². The number of aryl methyl sites for hydroxylation is 1. The largest absolute Gasteiger partial charge is 0.508 e. The molecule has 0 saturated heterocycles. The van der Waals surface area contributed by atoms with Crippen molar-refractivity contribution in [1.29, 1.82) is 10.8 Å². The molecule has 4 atom stereocenters. The van der Waals surface area contributed by atoms with E-state index < -0.39 is 148 Å². The maximum atomic E-state index is 14.1. The van der Waals surface area contributed by atoms with Crippen molar-refractivity contribution in [1.82, 2.24) is 0 Å². The molecule has 4 unspecified atom stereocenters. The van der Waals surface area contributed by atoms with Gasteiger partial charge in [0.05, 0.1) is 13.2 Å². The van der Waals surface area contributed by atoms with E-state index in [0.29, 0.717) is 39.3 Å². The SMILES string of the molecule is Cc1ccc(COC(=O)C(C)(COC(=O)OCC(C)(COC(=O)OCC(C)(CO)C(=O)OCc2ccccc2)C(=O)OCc2ccc(CSC(=N)N)cc2)COC(=O)OCC(C)(COC(=O)OCC(C)(CO)C(=O)OCc2ccccc2)C(=O)OCc2ccc(CSC(=N)N)cc2)cc1. The lowest BCUT2D eigenvalue weighted by Gasteiger charge is -2.29. The summed E-state index contributed by atoms with van der Waals surface area (Å²) in [6.07, 6.45) is -5.85. The van der Waals surface area contributed by atoms with Gasteiger partial charge in [-0.15, -0.1) is 0 Å². The van der Waals surface area contributed by atoms with Gasteiger partial charge in [-0.25, -0.2) is 19.2 Å². The highest BCUT2D eigenvalue weighted by atomic mass is 32.2. The van der Waals surface area contributed by atoms with Gasteiger partial charge >= 0.3 is 54.5 Å². The number of carbonyl (C=O) groups is 9. The minimum atomic E-state index is -2.08. The molecule has 99 heavy (non-hydrogen) atoms. The zero-order chi connectivity index (χ0) is 72.7. The maximum Gasteiger partial charge on any atom is 0.508 e. The number of ether oxygens (including phenoxy) is 13. The second-order valence-electron chi connectivity index (χ2n) is 24.2. The number of esters is 5. The molecule has 28 nitrogen and oxygen atoms in total. The molecule has 0 aliphatic carbocycles. The van der Waals surface area contributed by atoms with Crippen LogP contribution >= 0.6 is 23.5 Å². The third kappa shape index (κ3) is 27.1. The maximum absolute atomic E-state index is 14.1. The number of carbonyl (C=O) groups excluding carboxylic acids is 9. The van der Waals surface area contributed by atoms with Crippen LogP contribution in [0.3, 0.4) is 0 Å². The van der Waals surface area contributed by atoms with Crippen molar-refractivity contribution in [2.24, 2.45) is 38.5 Å². The van der Waals surface area contributed by atoms with E-state index in [1.165, 1.54) is 34.6 Å². The summed E-state index contributed by atoms with van der Waals surface area (Å²) in [6, 6.07) is 37.7. The van der Waals surface area contributed by atoms with E-state index in [1.54, 1.807) is 133 Å². The minimum absolute atomic E-state index is 0.0822. The van der Waals surface area contributed by atoms with Crippen LogP contribution in [0.25, 0.3) is 0 Å². The van der Waals surface area contributed by atoms with Gasteiger partial charge in [-0.3, -0.25) is 34.8 Å². The van der Waals surface area contributed by atoms with Crippen LogP contribution in [-0.2, 0) is 130 Å². The van der Waals surface area contributed by atoms with E-state index in [4.69, 9.17) is 83.9 Å². The van der Waals surface area contributed by atoms with Crippen molar-refractivity contribution >= 4 is 88.3 Å². The number of nitrogens with two attached hydrogens (primary N) is 2. The number of benzene rings is 5. The molecule has 534 valence electrons. The van der Waals surface area contributed by atoms with E-state index in [9.17, 15) is 53.4 Å². The molecule has 5 rings (SSSR count). The molecule has 0 saturated carbocycles. The van der Waals surface area contributed by atoms with Crippen LogP contribution < -0.4 is 11.5 Å². The van der Waals surface area contributed by atoms with Gasteiger partial charge in [0.2, 0.25) is 0 Å². The Morgan fingerprint density at radius 3 is 0.758 bits per heavy atom. The quantitative estimate of drug-likeness (QED) is 0.00934. The Morgan fingerprint density at radius 2 is 0.525 bits per heavy atom. The summed E-state index contributed by atoms with van der Waals surface area (Å²) in [5.74, 6) is -4.23. The smallest absolute Gasteiger partial charge is 0.460 e. The molecule has 0 radical (unpaired) electrons. The van der Waals surface area contributed by atoms with Crippen molar-refractivity contribution in [3.63, 3.8) is 0 Å². The van der Waals surface area contributed by atoms with Crippen molar-refractivity contribution in [2.45, 2.75) is 86.1 Å². The van der Waals surface area contributed by atoms with Crippen LogP contribution in [0.4, 0.5) is 19.2 Å². The summed E-state index contributed by atoms with van der Waals surface area (Å²) in [5.41, 5.74) is 6.64. The Bertz CT molecular complexity index is 3340. The lowest BCUT2D eigenvalue weighted by Crippen LogP contribution is -2.43. The van der Waals surface area contributed by atoms with Crippen molar-refractivity contribution < 1.29 is 115 Å². The Morgan fingerprint density at radius 1 is 0.323 bits per heavy atom. The zero-order valence-electron chi connectivity index (χ0n) is 55.6. The molecule has 0 aliphatic heterocycles. The normalized spacial score (nSPS) is 13.9. The predicted octanol–water partition coefficient (Wildman–Crippen LogP) is 8.89. The van der Waals surface area contributed by atoms with Gasteiger partial charge in [0, 0.05) is 11.5 Å². The first-order valence-electron chi connectivity index (χ1n) is 30.5. The molecule has 0 bridgehead atoms. The van der Waals surface area contributed by atoms with Gasteiger partial charge in [-0.1, -0.05) is 163 Å². The van der Waals surface area contributed by atoms with E-state index >= 15 is 0 Å². The summed E-state index contributed by atoms with van der Waals surface area (Å²) in [6.45, 7) is -1.78. The van der Waals surface area contributed by atoms with Gasteiger partial charge in [0.25, 0.3) is 0 Å². The van der Waals surface area contributed by atoms with E-state index in [2.05, 4.69) is 0 Å². The van der Waals surface area contributed by atoms with Crippen molar-refractivity contribution in [2.75, 3.05) is 66.1 Å². The van der Waals surface area contributed by atoms with Crippen molar-refractivity contribution in [3.05, 3.63) is 178 Å². The molecule has 30 heteroatoms. The third-order valence-corrected chi connectivity index (χ3v) is 16.3. The number of aliphatic hydroxyl groups is 2. The third-order valence-electron chi connectivity index (χ3n) is 14.7. The molecule has 0 spiro atoms. The molecule has 0 heterocycles. The second kappa shape index (κ2) is 38.9. The Labute approximate surface area is 580 Å². The van der Waals surface area contributed by atoms with E-state index in [0.717, 1.165) is 40.2 Å². The second-order valence-corrected chi connectivity index (χ2v) is 26.2. The topological polar surface area (TPSA) is 414 Å². The molecule has 5 aromatic carbocycles. The van der Waals surface area contributed by atoms with Crippen LogP contribution in [-0.4, -0.2) is 141 Å². The predicted molar refractivity (Wildman–Crippen MR) is 356 cm³/mol. The Kier molecular flexibility index (Phi) is 31.3. The molecule has 0 amide bonds. The lowest BCUT2D eigenvalue weighted by molar-refractivity contribution is -0.165. The number of thioether (sulfide) groups is 2. The standard InChI is InChI=1S/C69H82N4O24S2/c1-46-17-19-49(20-18-46)31-87-56(78)69(6,44-96-63(83)94-42-67(4,57(79)88-32-50-21-25-52(26-22-50)34-98-59(70)71)40-92-61(81)90-38-65(2,36-74)54(76)85-29-47-13-9-7-10-14-47)45-97-64(84)95-43-68(5,58(80)89-33-51-23-27-53(28-24-51)35-99-60(72)73)41-93-62(82)91-39-66(3,37-75)55(77)86-30-48-15-11-8-12-16-48/h7-28,74-75H,29-45H2,1-6H3,(H3,70,71)(H3,72,73). The van der Waals surface area contributed by atoms with Crippen LogP contribution in [0.15, 0.2) is 133 Å². The van der Waals surface area contributed by atoms with Gasteiger partial charge < -0.3 is 83.3 Å². The average molecular weight is 1420 g/mol. The summed E-state index contributed by atoms with van der Waals surface area (Å²) in [4.78, 5) is 122. The first-order chi connectivity index (χ1) is 47.0. The summed E-state index contributed by atoms with van der Waals surface area (Å²) >= 11 is 2.20. The van der Waals surface area contributed by atoms with E-state index in [1.807, 2.05) is 6.92 Å². The fourth-order valence-electron chi connectivity index (χ4n) is 7.96. The first-order valence-corrected chi connectivity index (χ1v) is 32.5. The number of rotatable bonds is 37. The molecule has 0 aromatic heterocycles. The Hall–Kier alpha value is -9.91. The fraction of sp³-hybridized carbons (Fsp3) is 0.406. The first kappa shape index (κ1) is 79.8. The highest BCUT2D eigenvalue weighted by Crippen LogP contribution is 2.29. The van der Waals surface area contributed by atoms with Gasteiger partial charge in [0.1, 0.15) is 113 Å².